The Morgan fingerprint density at radius 1 is 0.963 bits per heavy atom. The van der Waals surface area contributed by atoms with E-state index < -0.39 is 0 Å². The molecule has 27 heavy (non-hydrogen) atoms. The van der Waals surface area contributed by atoms with Gasteiger partial charge in [-0.25, -0.2) is 4.98 Å². The van der Waals surface area contributed by atoms with Crippen LogP contribution in [0.3, 0.4) is 0 Å². The summed E-state index contributed by atoms with van der Waals surface area (Å²) in [7, 11) is 0. The van der Waals surface area contributed by atoms with Crippen LogP contribution in [-0.4, -0.2) is 58.8 Å². The second-order valence-corrected chi connectivity index (χ2v) is 7.29. The van der Waals surface area contributed by atoms with Crippen LogP contribution in [0.1, 0.15) is 11.3 Å². The SMILES string of the molecule is Cc1nccnc1N1CCN(CC(O)Cc2ccc3ccccc3c2)CC1. The molecule has 0 spiro atoms. The summed E-state index contributed by atoms with van der Waals surface area (Å²) in [6.45, 7) is 6.42. The Hall–Kier alpha value is -2.50. The maximum absolute atomic E-state index is 10.6. The van der Waals surface area contributed by atoms with Crippen LogP contribution >= 0.6 is 0 Å². The molecule has 1 fully saturated rings. The van der Waals surface area contributed by atoms with Crippen molar-refractivity contribution in [2.45, 2.75) is 19.4 Å². The first-order valence-electron chi connectivity index (χ1n) is 9.60. The van der Waals surface area contributed by atoms with Crippen LogP contribution in [0.15, 0.2) is 54.9 Å². The van der Waals surface area contributed by atoms with Crippen molar-refractivity contribution in [3.8, 4) is 0 Å². The van der Waals surface area contributed by atoms with E-state index in [0.717, 1.165) is 37.7 Å². The fourth-order valence-electron chi connectivity index (χ4n) is 3.85. The number of aryl methyl sites for hydroxylation is 1. The molecule has 3 aromatic rings. The van der Waals surface area contributed by atoms with Crippen molar-refractivity contribution in [3.05, 3.63) is 66.1 Å². The van der Waals surface area contributed by atoms with E-state index in [-0.39, 0.29) is 6.10 Å². The van der Waals surface area contributed by atoms with Crippen LogP contribution in [0.5, 0.6) is 0 Å². The fourth-order valence-corrected chi connectivity index (χ4v) is 3.85. The van der Waals surface area contributed by atoms with E-state index >= 15 is 0 Å². The van der Waals surface area contributed by atoms with Crippen LogP contribution in [0.2, 0.25) is 0 Å². The number of aromatic nitrogens is 2. The van der Waals surface area contributed by atoms with Gasteiger partial charge in [0.05, 0.1) is 11.8 Å². The summed E-state index contributed by atoms with van der Waals surface area (Å²) in [6.07, 6.45) is 3.82. The zero-order valence-electron chi connectivity index (χ0n) is 15.8. The van der Waals surface area contributed by atoms with Gasteiger partial charge in [0.2, 0.25) is 0 Å². The number of aliphatic hydroxyl groups excluding tert-OH is 1. The summed E-state index contributed by atoms with van der Waals surface area (Å²) in [5.41, 5.74) is 2.16. The zero-order chi connectivity index (χ0) is 18.6. The zero-order valence-corrected chi connectivity index (χ0v) is 15.8. The highest BCUT2D eigenvalue weighted by atomic mass is 16.3. The molecular formula is C22H26N4O. The molecule has 1 atom stereocenters. The third-order valence-corrected chi connectivity index (χ3v) is 5.28. The van der Waals surface area contributed by atoms with Crippen LogP contribution in [0, 0.1) is 6.92 Å². The quantitative estimate of drug-likeness (QED) is 0.756. The minimum absolute atomic E-state index is 0.351. The number of piperazine rings is 1. The van der Waals surface area contributed by atoms with Crippen molar-refractivity contribution in [1.82, 2.24) is 14.9 Å². The molecule has 0 aliphatic carbocycles. The molecule has 140 valence electrons. The summed E-state index contributed by atoms with van der Waals surface area (Å²) in [5.74, 6) is 0.980. The molecule has 1 aromatic heterocycles. The summed E-state index contributed by atoms with van der Waals surface area (Å²) >= 11 is 0. The Balaban J connectivity index is 1.31. The largest absolute Gasteiger partial charge is 0.391 e. The third kappa shape index (κ3) is 4.26. The summed E-state index contributed by atoms with van der Waals surface area (Å²) < 4.78 is 0. The Morgan fingerprint density at radius 2 is 1.70 bits per heavy atom. The first kappa shape index (κ1) is 17.9. The monoisotopic (exact) mass is 362 g/mol. The van der Waals surface area contributed by atoms with Gasteiger partial charge in [-0.3, -0.25) is 9.88 Å². The molecule has 0 radical (unpaired) electrons. The molecule has 1 N–H and O–H groups in total. The van der Waals surface area contributed by atoms with Crippen LogP contribution < -0.4 is 4.90 Å². The summed E-state index contributed by atoms with van der Waals surface area (Å²) in [6, 6.07) is 14.8. The highest BCUT2D eigenvalue weighted by Gasteiger charge is 2.21. The Bertz CT molecular complexity index is 905. The average Bonchev–Trinajstić information content (AvgIpc) is 2.69. The minimum atomic E-state index is -0.351. The number of hydrogen-bond donors (Lipinski definition) is 1. The number of β-amino-alcohol motifs (C(OH)–C–C–N with tert-alkyl or cyclic N) is 1. The van der Waals surface area contributed by atoms with Gasteiger partial charge in [0.1, 0.15) is 5.82 Å². The molecule has 1 saturated heterocycles. The number of hydrogen-bond acceptors (Lipinski definition) is 5. The van der Waals surface area contributed by atoms with Crippen LogP contribution in [0.4, 0.5) is 5.82 Å². The molecular weight excluding hydrogens is 336 g/mol. The molecule has 5 nitrogen and oxygen atoms in total. The van der Waals surface area contributed by atoms with Crippen molar-refractivity contribution in [1.29, 1.82) is 0 Å². The molecule has 0 amide bonds. The standard InChI is InChI=1S/C22H26N4O/c1-17-22(24-9-8-23-17)26-12-10-25(11-13-26)16-21(27)15-18-6-7-19-4-2-3-5-20(19)14-18/h2-9,14,21,27H,10-13,15-16H2,1H3. The number of anilines is 1. The predicted molar refractivity (Wildman–Crippen MR) is 109 cm³/mol. The molecule has 0 saturated carbocycles. The topological polar surface area (TPSA) is 52.5 Å². The second-order valence-electron chi connectivity index (χ2n) is 7.29. The molecule has 0 bridgehead atoms. The van der Waals surface area contributed by atoms with E-state index in [4.69, 9.17) is 0 Å². The number of nitrogens with zero attached hydrogens (tertiary/aromatic N) is 4. The lowest BCUT2D eigenvalue weighted by atomic mass is 10.0. The van der Waals surface area contributed by atoms with Crippen molar-refractivity contribution >= 4 is 16.6 Å². The molecule has 1 aliphatic heterocycles. The number of rotatable bonds is 5. The lowest BCUT2D eigenvalue weighted by Crippen LogP contribution is -2.49. The summed E-state index contributed by atoms with van der Waals surface area (Å²) in [4.78, 5) is 13.4. The Kier molecular flexibility index (Phi) is 5.32. The van der Waals surface area contributed by atoms with Gasteiger partial charge in [-0.15, -0.1) is 0 Å². The van der Waals surface area contributed by atoms with Gasteiger partial charge >= 0.3 is 0 Å². The molecule has 1 unspecified atom stereocenters. The maximum Gasteiger partial charge on any atom is 0.150 e. The van der Waals surface area contributed by atoms with Crippen molar-refractivity contribution in [3.63, 3.8) is 0 Å². The molecule has 4 rings (SSSR count). The van der Waals surface area contributed by atoms with E-state index in [1.807, 2.05) is 6.92 Å². The van der Waals surface area contributed by atoms with Gasteiger partial charge in [-0.2, -0.15) is 0 Å². The lowest BCUT2D eigenvalue weighted by molar-refractivity contribution is 0.109. The van der Waals surface area contributed by atoms with Crippen molar-refractivity contribution in [2.75, 3.05) is 37.6 Å². The molecule has 5 heteroatoms. The van der Waals surface area contributed by atoms with E-state index in [1.54, 1.807) is 12.4 Å². The lowest BCUT2D eigenvalue weighted by Gasteiger charge is -2.36. The van der Waals surface area contributed by atoms with E-state index in [1.165, 1.54) is 16.3 Å². The van der Waals surface area contributed by atoms with Gasteiger partial charge in [0, 0.05) is 45.1 Å². The van der Waals surface area contributed by atoms with Gasteiger partial charge < -0.3 is 10.0 Å². The molecule has 2 aromatic carbocycles. The van der Waals surface area contributed by atoms with Gasteiger partial charge in [0.25, 0.3) is 0 Å². The van der Waals surface area contributed by atoms with E-state index in [2.05, 4.69) is 62.2 Å². The van der Waals surface area contributed by atoms with Crippen molar-refractivity contribution in [2.24, 2.45) is 0 Å². The normalized spacial score (nSPS) is 16.6. The number of fused-ring (bicyclic) bond motifs is 1. The fraction of sp³-hybridized carbons (Fsp3) is 0.364. The third-order valence-electron chi connectivity index (χ3n) is 5.28. The number of benzene rings is 2. The van der Waals surface area contributed by atoms with Gasteiger partial charge in [-0.05, 0) is 29.7 Å². The maximum atomic E-state index is 10.6. The Morgan fingerprint density at radius 3 is 2.48 bits per heavy atom. The molecule has 1 aliphatic rings. The first-order valence-corrected chi connectivity index (χ1v) is 9.60. The first-order chi connectivity index (χ1) is 13.2. The van der Waals surface area contributed by atoms with E-state index in [0.29, 0.717) is 13.0 Å². The van der Waals surface area contributed by atoms with Gasteiger partial charge in [0.15, 0.2) is 0 Å². The van der Waals surface area contributed by atoms with Crippen molar-refractivity contribution < 1.29 is 5.11 Å². The minimum Gasteiger partial charge on any atom is -0.391 e. The van der Waals surface area contributed by atoms with E-state index in [9.17, 15) is 5.11 Å². The highest BCUT2D eigenvalue weighted by Crippen LogP contribution is 2.18. The molecule has 2 heterocycles. The van der Waals surface area contributed by atoms with Crippen LogP contribution in [0.25, 0.3) is 10.8 Å². The second kappa shape index (κ2) is 8.03. The average molecular weight is 362 g/mol. The van der Waals surface area contributed by atoms with Crippen LogP contribution in [-0.2, 0) is 6.42 Å². The Labute approximate surface area is 160 Å². The summed E-state index contributed by atoms with van der Waals surface area (Å²) in [5, 5.41) is 13.0. The van der Waals surface area contributed by atoms with Gasteiger partial charge in [-0.1, -0.05) is 42.5 Å². The smallest absolute Gasteiger partial charge is 0.150 e. The predicted octanol–water partition coefficient (Wildman–Crippen LogP) is 2.66. The highest BCUT2D eigenvalue weighted by molar-refractivity contribution is 5.82. The number of aliphatic hydroxyl groups is 1.